The largest absolute Gasteiger partial charge is 0.478 e. The fourth-order valence-electron chi connectivity index (χ4n) is 2.83. The minimum atomic E-state index is -1.14. The zero-order valence-electron chi connectivity index (χ0n) is 11.9. The molecule has 0 heterocycles. The number of halogens is 1. The molecule has 1 aromatic rings. The molecule has 1 aliphatic rings. The zero-order valence-corrected chi connectivity index (χ0v) is 11.9. The van der Waals surface area contributed by atoms with Crippen LogP contribution in [0, 0.1) is 11.2 Å². The second kappa shape index (κ2) is 5.31. The highest BCUT2D eigenvalue weighted by Gasteiger charge is 2.32. The first-order valence-corrected chi connectivity index (χ1v) is 6.90. The molecule has 1 unspecified atom stereocenters. The van der Waals surface area contributed by atoms with Crippen molar-refractivity contribution in [2.24, 2.45) is 5.41 Å². The minimum Gasteiger partial charge on any atom is -0.478 e. The molecule has 1 saturated carbocycles. The van der Waals surface area contributed by atoms with Gasteiger partial charge in [0.15, 0.2) is 0 Å². The summed E-state index contributed by atoms with van der Waals surface area (Å²) in [6.45, 7) is 4.30. The van der Waals surface area contributed by atoms with E-state index in [9.17, 15) is 9.18 Å². The fraction of sp³-hybridized carbons (Fsp3) is 0.533. The Bertz CT molecular complexity index is 529. The summed E-state index contributed by atoms with van der Waals surface area (Å²) in [5.41, 5.74) is 5.69. The highest BCUT2D eigenvalue weighted by Crippen LogP contribution is 2.38. The van der Waals surface area contributed by atoms with Crippen molar-refractivity contribution in [3.63, 3.8) is 0 Å². The molecule has 4 nitrogen and oxygen atoms in total. The Balaban J connectivity index is 2.29. The van der Waals surface area contributed by atoms with Crippen LogP contribution < -0.4 is 11.1 Å². The van der Waals surface area contributed by atoms with Crippen LogP contribution in [0.5, 0.6) is 0 Å². The van der Waals surface area contributed by atoms with Crippen LogP contribution in [0.1, 0.15) is 49.9 Å². The van der Waals surface area contributed by atoms with Gasteiger partial charge in [-0.2, -0.15) is 0 Å². The molecule has 20 heavy (non-hydrogen) atoms. The lowest BCUT2D eigenvalue weighted by Crippen LogP contribution is -2.39. The molecule has 0 radical (unpaired) electrons. The Labute approximate surface area is 118 Å². The molecular formula is C15H21FN2O2. The Morgan fingerprint density at radius 2 is 2.15 bits per heavy atom. The molecular weight excluding hydrogens is 259 g/mol. The smallest absolute Gasteiger partial charge is 0.337 e. The van der Waals surface area contributed by atoms with Gasteiger partial charge in [-0.1, -0.05) is 26.7 Å². The molecule has 2 rings (SSSR count). The zero-order chi connectivity index (χ0) is 14.9. The number of nitrogens with two attached hydrogens (primary N) is 1. The minimum absolute atomic E-state index is 0.0524. The van der Waals surface area contributed by atoms with Gasteiger partial charge >= 0.3 is 5.97 Å². The summed E-state index contributed by atoms with van der Waals surface area (Å²) in [4.78, 5) is 11.1. The highest BCUT2D eigenvalue weighted by molar-refractivity contribution is 5.94. The summed E-state index contributed by atoms with van der Waals surface area (Å²) < 4.78 is 14.0. The van der Waals surface area contributed by atoms with E-state index in [2.05, 4.69) is 19.2 Å². The summed E-state index contributed by atoms with van der Waals surface area (Å²) >= 11 is 0. The van der Waals surface area contributed by atoms with Gasteiger partial charge in [0.25, 0.3) is 0 Å². The molecule has 0 spiro atoms. The summed E-state index contributed by atoms with van der Waals surface area (Å²) in [5, 5.41) is 12.2. The van der Waals surface area contributed by atoms with Crippen molar-refractivity contribution in [2.75, 3.05) is 11.1 Å². The second-order valence-corrected chi connectivity index (χ2v) is 6.16. The van der Waals surface area contributed by atoms with Crippen molar-refractivity contribution in [1.29, 1.82) is 0 Å². The van der Waals surface area contributed by atoms with Crippen molar-refractivity contribution < 1.29 is 14.3 Å². The van der Waals surface area contributed by atoms with E-state index in [0.717, 1.165) is 25.3 Å². The van der Waals surface area contributed by atoms with Gasteiger partial charge in [0.2, 0.25) is 0 Å². The Hall–Kier alpha value is -1.78. The van der Waals surface area contributed by atoms with E-state index >= 15 is 0 Å². The van der Waals surface area contributed by atoms with E-state index in [4.69, 9.17) is 10.8 Å². The summed E-state index contributed by atoms with van der Waals surface area (Å²) in [6.07, 6.45) is 4.31. The number of rotatable bonds is 3. The van der Waals surface area contributed by atoms with Gasteiger partial charge in [-0.25, -0.2) is 9.18 Å². The number of nitrogens with one attached hydrogen (secondary N) is 1. The molecule has 0 amide bonds. The molecule has 110 valence electrons. The first kappa shape index (κ1) is 14.6. The number of hydrogen-bond donors (Lipinski definition) is 3. The number of carboxylic acids is 1. The van der Waals surface area contributed by atoms with E-state index in [1.54, 1.807) is 0 Å². The van der Waals surface area contributed by atoms with Crippen LogP contribution in [0.4, 0.5) is 15.8 Å². The number of carboxylic acid groups (broad SMARTS) is 1. The summed E-state index contributed by atoms with van der Waals surface area (Å²) in [5.74, 6) is -1.65. The lowest BCUT2D eigenvalue weighted by molar-refractivity contribution is 0.0698. The highest BCUT2D eigenvalue weighted by atomic mass is 19.1. The van der Waals surface area contributed by atoms with Gasteiger partial charge in [-0.15, -0.1) is 0 Å². The van der Waals surface area contributed by atoms with Gasteiger partial charge in [0, 0.05) is 11.7 Å². The topological polar surface area (TPSA) is 75.3 Å². The maximum Gasteiger partial charge on any atom is 0.337 e. The quantitative estimate of drug-likeness (QED) is 0.741. The third kappa shape index (κ3) is 2.86. The number of benzene rings is 1. The van der Waals surface area contributed by atoms with Crippen LogP contribution in [0.25, 0.3) is 0 Å². The molecule has 0 aliphatic heterocycles. The van der Waals surface area contributed by atoms with Gasteiger partial charge in [-0.05, 0) is 30.4 Å². The first-order valence-electron chi connectivity index (χ1n) is 6.90. The van der Waals surface area contributed by atoms with Gasteiger partial charge in [-0.3, -0.25) is 0 Å². The maximum absolute atomic E-state index is 14.0. The fourth-order valence-corrected chi connectivity index (χ4v) is 2.83. The van der Waals surface area contributed by atoms with Crippen molar-refractivity contribution in [3.8, 4) is 0 Å². The van der Waals surface area contributed by atoms with E-state index in [0.29, 0.717) is 0 Å². The van der Waals surface area contributed by atoms with E-state index in [-0.39, 0.29) is 28.4 Å². The number of anilines is 2. The Morgan fingerprint density at radius 3 is 2.75 bits per heavy atom. The van der Waals surface area contributed by atoms with E-state index < -0.39 is 11.8 Å². The van der Waals surface area contributed by atoms with Crippen LogP contribution >= 0.6 is 0 Å². The lowest BCUT2D eigenvalue weighted by atomic mass is 9.73. The molecule has 0 aromatic heterocycles. The van der Waals surface area contributed by atoms with Crippen molar-refractivity contribution >= 4 is 17.3 Å². The predicted molar refractivity (Wildman–Crippen MR) is 77.4 cm³/mol. The molecule has 0 bridgehead atoms. The van der Waals surface area contributed by atoms with Gasteiger partial charge in [0.05, 0.1) is 11.3 Å². The summed E-state index contributed by atoms with van der Waals surface area (Å²) in [6, 6.07) is 2.50. The number of nitrogen functional groups attached to an aromatic ring is 1. The second-order valence-electron chi connectivity index (χ2n) is 6.16. The Kier molecular flexibility index (Phi) is 3.88. The van der Waals surface area contributed by atoms with Gasteiger partial charge in [0.1, 0.15) is 5.82 Å². The third-order valence-electron chi connectivity index (χ3n) is 4.21. The number of carbonyl (C=O) groups is 1. The maximum atomic E-state index is 14.0. The van der Waals surface area contributed by atoms with E-state index in [1.165, 1.54) is 12.5 Å². The average molecular weight is 280 g/mol. The molecule has 1 aromatic carbocycles. The van der Waals surface area contributed by atoms with Crippen LogP contribution in [-0.2, 0) is 0 Å². The third-order valence-corrected chi connectivity index (χ3v) is 4.21. The summed E-state index contributed by atoms with van der Waals surface area (Å²) in [7, 11) is 0. The molecule has 0 saturated heterocycles. The van der Waals surface area contributed by atoms with E-state index in [1.807, 2.05) is 0 Å². The average Bonchev–Trinajstić information content (AvgIpc) is 2.34. The number of aromatic carboxylic acids is 1. The van der Waals surface area contributed by atoms with Crippen molar-refractivity contribution in [3.05, 3.63) is 23.5 Å². The normalized spacial score (nSPS) is 21.4. The molecule has 1 fully saturated rings. The number of hydrogen-bond acceptors (Lipinski definition) is 3. The van der Waals surface area contributed by atoms with Crippen LogP contribution in [0.15, 0.2) is 12.1 Å². The Morgan fingerprint density at radius 1 is 1.45 bits per heavy atom. The van der Waals surface area contributed by atoms with Crippen LogP contribution in [0.2, 0.25) is 0 Å². The standard InChI is InChI=1S/C15H21FN2O2/c1-15(2)6-4-3-5-13(15)18-12-7-9(14(19)20)11(17)8-10(12)16/h7-8,13,18H,3-6,17H2,1-2H3,(H,19,20). The molecule has 5 heteroatoms. The first-order chi connectivity index (χ1) is 9.31. The molecule has 1 atom stereocenters. The van der Waals surface area contributed by atoms with Crippen molar-refractivity contribution in [2.45, 2.75) is 45.6 Å². The predicted octanol–water partition coefficient (Wildman–Crippen LogP) is 3.49. The monoisotopic (exact) mass is 280 g/mol. The van der Waals surface area contributed by atoms with Crippen molar-refractivity contribution in [1.82, 2.24) is 0 Å². The van der Waals surface area contributed by atoms with Crippen LogP contribution in [-0.4, -0.2) is 17.1 Å². The lowest BCUT2D eigenvalue weighted by Gasteiger charge is -2.39. The van der Waals surface area contributed by atoms with Gasteiger partial charge < -0.3 is 16.2 Å². The molecule has 4 N–H and O–H groups in total. The van der Waals surface area contributed by atoms with Crippen LogP contribution in [0.3, 0.4) is 0 Å². The molecule has 1 aliphatic carbocycles. The SMILES string of the molecule is CC1(C)CCCCC1Nc1cc(C(=O)O)c(N)cc1F.